The van der Waals surface area contributed by atoms with Crippen LogP contribution in [0.1, 0.15) is 46.3 Å². The van der Waals surface area contributed by atoms with Crippen molar-refractivity contribution in [3.63, 3.8) is 0 Å². The number of hydrogen-bond acceptors (Lipinski definition) is 7. The second-order valence-electron chi connectivity index (χ2n) is 7.92. The molecule has 0 radical (unpaired) electrons. The number of hydrogen-bond donors (Lipinski definition) is 2. The minimum atomic E-state index is -0.515. The van der Waals surface area contributed by atoms with E-state index in [1.165, 1.54) is 6.08 Å². The molecule has 178 valence electrons. The molecule has 4 N–H and O–H groups in total. The summed E-state index contributed by atoms with van der Waals surface area (Å²) in [4.78, 5) is 24.1. The van der Waals surface area contributed by atoms with Crippen molar-refractivity contribution < 1.29 is 19.1 Å². The van der Waals surface area contributed by atoms with Gasteiger partial charge in [-0.25, -0.2) is 9.59 Å². The Morgan fingerprint density at radius 3 is 2.34 bits per heavy atom. The molecule has 0 aliphatic rings. The average Bonchev–Trinajstić information content (AvgIpc) is 2.86. The number of rotatable bonds is 10. The molecule has 0 heterocycles. The highest BCUT2D eigenvalue weighted by atomic mass is 16.5. The van der Waals surface area contributed by atoms with Crippen molar-refractivity contribution in [3.05, 3.63) is 95.1 Å². The van der Waals surface area contributed by atoms with Crippen LogP contribution >= 0.6 is 0 Å². The molecular weight excluding hydrogens is 442 g/mol. The number of esters is 2. The molecule has 0 atom stereocenters. The first-order valence-corrected chi connectivity index (χ1v) is 11.3. The molecule has 0 aliphatic carbocycles. The summed E-state index contributed by atoms with van der Waals surface area (Å²) in [6, 6.07) is 20.5. The quantitative estimate of drug-likeness (QED) is 0.142. The number of nitrogens with zero attached hydrogens (tertiary/aromatic N) is 1. The lowest BCUT2D eigenvalue weighted by molar-refractivity contribution is -0.137. The van der Waals surface area contributed by atoms with E-state index in [2.05, 4.69) is 0 Å². The smallest absolute Gasteiger partial charge is 0.343 e. The van der Waals surface area contributed by atoms with Crippen molar-refractivity contribution in [2.24, 2.45) is 0 Å². The van der Waals surface area contributed by atoms with Crippen molar-refractivity contribution >= 4 is 29.4 Å². The van der Waals surface area contributed by atoms with Gasteiger partial charge in [-0.05, 0) is 91.4 Å². The zero-order valence-corrected chi connectivity index (χ0v) is 19.3. The summed E-state index contributed by atoms with van der Waals surface area (Å²) in [7, 11) is 0. The third kappa shape index (κ3) is 8.06. The van der Waals surface area contributed by atoms with Gasteiger partial charge in [0.15, 0.2) is 0 Å². The summed E-state index contributed by atoms with van der Waals surface area (Å²) in [5.74, 6) is -0.554. The number of nitrogen functional groups attached to an aromatic ring is 2. The van der Waals surface area contributed by atoms with Crippen LogP contribution < -0.4 is 16.2 Å². The van der Waals surface area contributed by atoms with E-state index < -0.39 is 11.9 Å². The number of anilines is 2. The summed E-state index contributed by atoms with van der Waals surface area (Å²) in [6.07, 6.45) is 6.50. The molecule has 0 saturated heterocycles. The van der Waals surface area contributed by atoms with E-state index in [0.717, 1.165) is 36.8 Å². The normalized spacial score (nSPS) is 10.6. The van der Waals surface area contributed by atoms with Crippen LogP contribution in [0.3, 0.4) is 0 Å². The van der Waals surface area contributed by atoms with E-state index in [-0.39, 0.29) is 0 Å². The predicted molar refractivity (Wildman–Crippen MR) is 135 cm³/mol. The molecule has 7 heteroatoms. The average molecular weight is 470 g/mol. The van der Waals surface area contributed by atoms with Crippen LogP contribution in [0.5, 0.6) is 5.75 Å². The summed E-state index contributed by atoms with van der Waals surface area (Å²) in [5, 5.41) is 8.82. The summed E-state index contributed by atoms with van der Waals surface area (Å²) in [6.45, 7) is 0.352. The van der Waals surface area contributed by atoms with Gasteiger partial charge in [-0.3, -0.25) is 0 Å². The fraction of sp³-hybridized carbons (Fsp3) is 0.179. The van der Waals surface area contributed by atoms with Crippen LogP contribution in [0.15, 0.2) is 72.8 Å². The van der Waals surface area contributed by atoms with E-state index in [1.54, 1.807) is 60.7 Å². The molecule has 7 nitrogen and oxygen atoms in total. The van der Waals surface area contributed by atoms with Crippen molar-refractivity contribution in [2.45, 2.75) is 25.7 Å². The van der Waals surface area contributed by atoms with Crippen molar-refractivity contribution in [2.75, 3.05) is 18.1 Å². The van der Waals surface area contributed by atoms with Gasteiger partial charge in [0, 0.05) is 17.5 Å². The number of carbonyl (C=O) groups is 2. The number of nitrogens with two attached hydrogens (primary N) is 2. The molecule has 0 aliphatic heterocycles. The number of aryl methyl sites for hydroxylation is 1. The van der Waals surface area contributed by atoms with Gasteiger partial charge < -0.3 is 20.9 Å². The lowest BCUT2D eigenvalue weighted by Crippen LogP contribution is -2.08. The zero-order chi connectivity index (χ0) is 25.0. The Bertz CT molecular complexity index is 1230. The van der Waals surface area contributed by atoms with Gasteiger partial charge in [-0.2, -0.15) is 5.26 Å². The van der Waals surface area contributed by atoms with E-state index in [0.29, 0.717) is 34.9 Å². The topological polar surface area (TPSA) is 128 Å². The van der Waals surface area contributed by atoms with Gasteiger partial charge in [0.25, 0.3) is 0 Å². The number of ether oxygens (including phenoxy) is 2. The number of benzene rings is 3. The van der Waals surface area contributed by atoms with E-state index in [1.807, 2.05) is 18.2 Å². The van der Waals surface area contributed by atoms with Crippen LogP contribution in [0.4, 0.5) is 11.4 Å². The van der Waals surface area contributed by atoms with Crippen LogP contribution in [-0.4, -0.2) is 18.5 Å². The molecule has 0 saturated carbocycles. The SMILES string of the molecule is N#Cc1ccc(C(=O)Oc2ccc(/C=C/C(=O)OCCCCCc3ccc(N)cc3N)cc2)cc1. The summed E-state index contributed by atoms with van der Waals surface area (Å²) in [5.41, 5.74) is 15.7. The Morgan fingerprint density at radius 2 is 1.66 bits per heavy atom. The van der Waals surface area contributed by atoms with Crippen LogP contribution in [-0.2, 0) is 16.0 Å². The van der Waals surface area contributed by atoms with E-state index in [9.17, 15) is 9.59 Å². The van der Waals surface area contributed by atoms with Gasteiger partial charge in [0.1, 0.15) is 5.75 Å². The van der Waals surface area contributed by atoms with Gasteiger partial charge in [-0.15, -0.1) is 0 Å². The maximum Gasteiger partial charge on any atom is 0.343 e. The lowest BCUT2D eigenvalue weighted by atomic mass is 10.0. The minimum Gasteiger partial charge on any atom is -0.463 e. The summed E-state index contributed by atoms with van der Waals surface area (Å²) < 4.78 is 10.6. The monoisotopic (exact) mass is 469 g/mol. The Hall–Kier alpha value is -4.57. The first-order valence-electron chi connectivity index (χ1n) is 11.3. The van der Waals surface area contributed by atoms with E-state index >= 15 is 0 Å². The third-order valence-corrected chi connectivity index (χ3v) is 5.26. The molecule has 3 rings (SSSR count). The molecule has 0 unspecified atom stereocenters. The van der Waals surface area contributed by atoms with Crippen LogP contribution in [0, 0.1) is 11.3 Å². The second-order valence-corrected chi connectivity index (χ2v) is 7.92. The molecule has 0 fully saturated rings. The lowest BCUT2D eigenvalue weighted by Gasteiger charge is -2.07. The standard InChI is InChI=1S/C28H27N3O4/c29-19-21-5-10-23(11-6-21)28(33)35-25-14-7-20(8-15-25)9-16-27(32)34-17-3-1-2-4-22-12-13-24(30)18-26(22)31/h5-16,18H,1-4,17,30-31H2/b16-9+. The van der Waals surface area contributed by atoms with Gasteiger partial charge in [0.05, 0.1) is 23.8 Å². The Balaban J connectivity index is 1.35. The molecule has 0 spiro atoms. The predicted octanol–water partition coefficient (Wildman–Crippen LogP) is 4.91. The molecular formula is C28H27N3O4. The van der Waals surface area contributed by atoms with Crippen LogP contribution in [0.25, 0.3) is 6.08 Å². The van der Waals surface area contributed by atoms with Gasteiger partial charge >= 0.3 is 11.9 Å². The Labute approximate surface area is 204 Å². The zero-order valence-electron chi connectivity index (χ0n) is 19.3. The Morgan fingerprint density at radius 1 is 0.914 bits per heavy atom. The number of carbonyl (C=O) groups excluding carboxylic acids is 2. The molecule has 0 amide bonds. The third-order valence-electron chi connectivity index (χ3n) is 5.26. The van der Waals surface area contributed by atoms with E-state index in [4.69, 9.17) is 26.2 Å². The highest BCUT2D eigenvalue weighted by Gasteiger charge is 2.08. The van der Waals surface area contributed by atoms with Gasteiger partial charge in [-0.1, -0.05) is 18.2 Å². The maximum atomic E-state index is 12.2. The summed E-state index contributed by atoms with van der Waals surface area (Å²) >= 11 is 0. The number of unbranched alkanes of at least 4 members (excludes halogenated alkanes) is 2. The first-order chi connectivity index (χ1) is 16.9. The van der Waals surface area contributed by atoms with Crippen molar-refractivity contribution in [1.29, 1.82) is 5.26 Å². The number of nitriles is 1. The molecule has 0 aromatic heterocycles. The largest absolute Gasteiger partial charge is 0.463 e. The molecule has 3 aromatic carbocycles. The Kier molecular flexibility index (Phi) is 9.03. The highest BCUT2D eigenvalue weighted by molar-refractivity contribution is 5.91. The van der Waals surface area contributed by atoms with Crippen LogP contribution in [0.2, 0.25) is 0 Å². The van der Waals surface area contributed by atoms with Gasteiger partial charge in [0.2, 0.25) is 0 Å². The molecule has 3 aromatic rings. The van der Waals surface area contributed by atoms with Crippen molar-refractivity contribution in [1.82, 2.24) is 0 Å². The minimum absolute atomic E-state index is 0.352. The highest BCUT2D eigenvalue weighted by Crippen LogP contribution is 2.18. The fourth-order valence-electron chi connectivity index (χ4n) is 3.31. The van der Waals surface area contributed by atoms with Crippen molar-refractivity contribution in [3.8, 4) is 11.8 Å². The maximum absolute atomic E-state index is 12.2. The second kappa shape index (κ2) is 12.6. The fourth-order valence-corrected chi connectivity index (χ4v) is 3.31. The first kappa shape index (κ1) is 25.1. The molecule has 35 heavy (non-hydrogen) atoms. The molecule has 0 bridgehead atoms.